The molecule has 27 heavy (non-hydrogen) atoms. The smallest absolute Gasteiger partial charge is 0.410 e. The van der Waals surface area contributed by atoms with Crippen molar-refractivity contribution in [2.24, 2.45) is 0 Å². The Morgan fingerprint density at radius 2 is 1.85 bits per heavy atom. The van der Waals surface area contributed by atoms with E-state index in [0.29, 0.717) is 13.1 Å². The van der Waals surface area contributed by atoms with Crippen LogP contribution in [0.5, 0.6) is 5.75 Å². The zero-order valence-corrected chi connectivity index (χ0v) is 16.1. The van der Waals surface area contributed by atoms with Gasteiger partial charge in [-0.3, -0.25) is 9.69 Å². The molecule has 2 aromatic carbocycles. The lowest BCUT2D eigenvalue weighted by Gasteiger charge is -2.21. The third-order valence-corrected chi connectivity index (χ3v) is 5.16. The van der Waals surface area contributed by atoms with Gasteiger partial charge in [-0.1, -0.05) is 24.3 Å². The molecule has 0 bridgehead atoms. The third kappa shape index (κ3) is 4.74. The Bertz CT molecular complexity index is 793. The van der Waals surface area contributed by atoms with E-state index in [1.165, 1.54) is 4.90 Å². The van der Waals surface area contributed by atoms with Gasteiger partial charge in [0.1, 0.15) is 18.4 Å². The SMILES string of the molecule is COc1ccc(CNC(=O)[C@@H]2COC(=O)N2Cc2ccc(SC)cc2)cc1. The standard InChI is InChI=1S/C20H22N2O4S/c1-25-16-7-3-14(4-8-16)11-21-19(23)18-13-26-20(24)22(18)12-15-5-9-17(27-2)10-6-15/h3-10,18H,11-13H2,1-2H3,(H,21,23)/t18-/m0/s1. The summed E-state index contributed by atoms with van der Waals surface area (Å²) in [7, 11) is 1.61. The average Bonchev–Trinajstić information content (AvgIpc) is 3.07. The maximum atomic E-state index is 12.6. The number of benzene rings is 2. The van der Waals surface area contributed by atoms with Crippen molar-refractivity contribution in [2.45, 2.75) is 24.0 Å². The number of thioether (sulfide) groups is 1. The van der Waals surface area contributed by atoms with E-state index in [9.17, 15) is 9.59 Å². The van der Waals surface area contributed by atoms with E-state index in [4.69, 9.17) is 9.47 Å². The molecule has 1 heterocycles. The zero-order valence-electron chi connectivity index (χ0n) is 15.3. The summed E-state index contributed by atoms with van der Waals surface area (Å²) in [5.41, 5.74) is 1.91. The molecule has 0 aromatic heterocycles. The molecule has 0 unspecified atom stereocenters. The fraction of sp³-hybridized carbons (Fsp3) is 0.300. The highest BCUT2D eigenvalue weighted by Gasteiger charge is 2.37. The van der Waals surface area contributed by atoms with E-state index in [-0.39, 0.29) is 12.5 Å². The lowest BCUT2D eigenvalue weighted by Crippen LogP contribution is -2.45. The molecule has 0 radical (unpaired) electrons. The summed E-state index contributed by atoms with van der Waals surface area (Å²) in [6, 6.07) is 14.8. The Balaban J connectivity index is 1.60. The van der Waals surface area contributed by atoms with Crippen LogP contribution in [0.3, 0.4) is 0 Å². The number of hydrogen-bond acceptors (Lipinski definition) is 5. The summed E-state index contributed by atoms with van der Waals surface area (Å²) in [6.07, 6.45) is 1.55. The summed E-state index contributed by atoms with van der Waals surface area (Å²) in [4.78, 5) is 27.3. The number of cyclic esters (lactones) is 1. The number of hydrogen-bond donors (Lipinski definition) is 1. The van der Waals surface area contributed by atoms with Crippen molar-refractivity contribution in [3.63, 3.8) is 0 Å². The summed E-state index contributed by atoms with van der Waals surface area (Å²) >= 11 is 1.66. The first-order valence-electron chi connectivity index (χ1n) is 8.57. The number of rotatable bonds is 7. The highest BCUT2D eigenvalue weighted by Crippen LogP contribution is 2.20. The van der Waals surface area contributed by atoms with Gasteiger partial charge in [0.05, 0.1) is 13.7 Å². The van der Waals surface area contributed by atoms with Crippen LogP contribution in [0.2, 0.25) is 0 Å². The van der Waals surface area contributed by atoms with Crippen LogP contribution in [0.25, 0.3) is 0 Å². The van der Waals surface area contributed by atoms with Crippen molar-refractivity contribution >= 4 is 23.8 Å². The van der Waals surface area contributed by atoms with Crippen molar-refractivity contribution in [1.29, 1.82) is 0 Å². The Morgan fingerprint density at radius 1 is 1.19 bits per heavy atom. The van der Waals surface area contributed by atoms with Gasteiger partial charge in [0, 0.05) is 11.4 Å². The molecule has 1 fully saturated rings. The number of carbonyl (C=O) groups excluding carboxylic acids is 2. The first-order chi connectivity index (χ1) is 13.1. The first kappa shape index (κ1) is 19.1. The molecule has 7 heteroatoms. The van der Waals surface area contributed by atoms with Gasteiger partial charge in [-0.25, -0.2) is 4.79 Å². The van der Waals surface area contributed by atoms with Crippen LogP contribution in [-0.2, 0) is 22.6 Å². The van der Waals surface area contributed by atoms with Crippen LogP contribution < -0.4 is 10.1 Å². The molecule has 6 nitrogen and oxygen atoms in total. The average molecular weight is 386 g/mol. The summed E-state index contributed by atoms with van der Waals surface area (Å²) in [6.45, 7) is 0.786. The quantitative estimate of drug-likeness (QED) is 0.741. The summed E-state index contributed by atoms with van der Waals surface area (Å²) in [5, 5.41) is 2.88. The van der Waals surface area contributed by atoms with E-state index in [1.54, 1.807) is 18.9 Å². The van der Waals surface area contributed by atoms with Crippen molar-refractivity contribution in [2.75, 3.05) is 20.0 Å². The van der Waals surface area contributed by atoms with Crippen molar-refractivity contribution in [3.8, 4) is 5.75 Å². The lowest BCUT2D eigenvalue weighted by molar-refractivity contribution is -0.125. The number of nitrogens with one attached hydrogen (secondary N) is 1. The van der Waals surface area contributed by atoms with Gasteiger partial charge in [-0.15, -0.1) is 11.8 Å². The number of ether oxygens (including phenoxy) is 2. The highest BCUT2D eigenvalue weighted by atomic mass is 32.2. The molecular weight excluding hydrogens is 364 g/mol. The molecule has 1 atom stereocenters. The molecule has 0 aliphatic carbocycles. The Kier molecular flexibility index (Phi) is 6.24. The first-order valence-corrected chi connectivity index (χ1v) is 9.80. The largest absolute Gasteiger partial charge is 0.497 e. The molecule has 1 aliphatic rings. The van der Waals surface area contributed by atoms with Gasteiger partial charge in [-0.2, -0.15) is 0 Å². The summed E-state index contributed by atoms with van der Waals surface area (Å²) < 4.78 is 10.2. The normalized spacial score (nSPS) is 16.1. The highest BCUT2D eigenvalue weighted by molar-refractivity contribution is 7.98. The van der Waals surface area contributed by atoms with E-state index in [1.807, 2.05) is 54.8 Å². The van der Waals surface area contributed by atoms with Gasteiger partial charge in [0.15, 0.2) is 0 Å². The van der Waals surface area contributed by atoms with Crippen LogP contribution in [0.1, 0.15) is 11.1 Å². The van der Waals surface area contributed by atoms with Crippen LogP contribution in [0.15, 0.2) is 53.4 Å². The topological polar surface area (TPSA) is 67.9 Å². The summed E-state index contributed by atoms with van der Waals surface area (Å²) in [5.74, 6) is 0.538. The third-order valence-electron chi connectivity index (χ3n) is 4.42. The predicted molar refractivity (Wildman–Crippen MR) is 104 cm³/mol. The molecule has 2 aromatic rings. The minimum atomic E-state index is -0.629. The Labute approximate surface area is 162 Å². The second-order valence-corrected chi connectivity index (χ2v) is 7.01. The van der Waals surface area contributed by atoms with Gasteiger partial charge < -0.3 is 14.8 Å². The molecular formula is C20H22N2O4S. The maximum Gasteiger partial charge on any atom is 0.410 e. The van der Waals surface area contributed by atoms with Crippen LogP contribution in [-0.4, -0.2) is 42.9 Å². The number of carbonyl (C=O) groups is 2. The van der Waals surface area contributed by atoms with E-state index in [2.05, 4.69) is 5.32 Å². The number of methoxy groups -OCH3 is 1. The minimum absolute atomic E-state index is 0.0656. The Morgan fingerprint density at radius 3 is 2.48 bits per heavy atom. The monoisotopic (exact) mass is 386 g/mol. The van der Waals surface area contributed by atoms with Crippen LogP contribution in [0.4, 0.5) is 4.79 Å². The number of nitrogens with zero attached hydrogens (tertiary/aromatic N) is 1. The van der Waals surface area contributed by atoms with Gasteiger partial charge in [-0.05, 0) is 41.6 Å². The fourth-order valence-electron chi connectivity index (χ4n) is 2.82. The zero-order chi connectivity index (χ0) is 19.2. The molecule has 1 N–H and O–H groups in total. The fourth-order valence-corrected chi connectivity index (χ4v) is 3.23. The van der Waals surface area contributed by atoms with E-state index >= 15 is 0 Å². The molecule has 0 saturated carbocycles. The molecule has 1 aliphatic heterocycles. The lowest BCUT2D eigenvalue weighted by atomic mass is 10.1. The van der Waals surface area contributed by atoms with E-state index < -0.39 is 12.1 Å². The molecule has 1 saturated heterocycles. The minimum Gasteiger partial charge on any atom is -0.497 e. The van der Waals surface area contributed by atoms with E-state index in [0.717, 1.165) is 21.8 Å². The van der Waals surface area contributed by atoms with Crippen molar-refractivity contribution in [1.82, 2.24) is 10.2 Å². The van der Waals surface area contributed by atoms with Crippen molar-refractivity contribution < 1.29 is 19.1 Å². The second kappa shape index (κ2) is 8.81. The van der Waals surface area contributed by atoms with Crippen LogP contribution >= 0.6 is 11.8 Å². The Hall–Kier alpha value is -2.67. The second-order valence-electron chi connectivity index (χ2n) is 6.13. The molecule has 0 spiro atoms. The molecule has 2 amide bonds. The maximum absolute atomic E-state index is 12.6. The molecule has 142 valence electrons. The number of amides is 2. The predicted octanol–water partition coefficient (Wildman–Crippen LogP) is 3.05. The van der Waals surface area contributed by atoms with Gasteiger partial charge >= 0.3 is 6.09 Å². The van der Waals surface area contributed by atoms with Gasteiger partial charge in [0.2, 0.25) is 5.91 Å². The molecule has 3 rings (SSSR count). The van der Waals surface area contributed by atoms with Crippen molar-refractivity contribution in [3.05, 3.63) is 59.7 Å². The van der Waals surface area contributed by atoms with Gasteiger partial charge in [0.25, 0.3) is 0 Å². The van der Waals surface area contributed by atoms with Crippen LogP contribution in [0, 0.1) is 0 Å².